The maximum atomic E-state index is 12.1. The van der Waals surface area contributed by atoms with Gasteiger partial charge >= 0.3 is 0 Å². The van der Waals surface area contributed by atoms with Gasteiger partial charge in [-0.25, -0.2) is 4.98 Å². The molecule has 1 saturated heterocycles. The van der Waals surface area contributed by atoms with E-state index in [2.05, 4.69) is 11.9 Å². The Morgan fingerprint density at radius 1 is 1.56 bits per heavy atom. The van der Waals surface area contributed by atoms with E-state index in [9.17, 15) is 4.79 Å². The Kier molecular flexibility index (Phi) is 2.81. The van der Waals surface area contributed by atoms with E-state index in [1.165, 1.54) is 0 Å². The zero-order chi connectivity index (χ0) is 11.7. The van der Waals surface area contributed by atoms with Gasteiger partial charge in [-0.15, -0.1) is 0 Å². The van der Waals surface area contributed by atoms with Gasteiger partial charge in [0, 0.05) is 24.3 Å². The number of nitrogen functional groups attached to an aromatic ring is 1. The molecule has 4 nitrogen and oxygen atoms in total. The van der Waals surface area contributed by atoms with E-state index in [0.717, 1.165) is 25.2 Å². The van der Waals surface area contributed by atoms with Gasteiger partial charge in [0.25, 0.3) is 5.91 Å². The van der Waals surface area contributed by atoms with Gasteiger partial charge in [-0.05, 0) is 31.4 Å². The highest BCUT2D eigenvalue weighted by atomic mass is 16.2. The summed E-state index contributed by atoms with van der Waals surface area (Å²) in [5, 5.41) is 0. The molecule has 1 aromatic heterocycles. The van der Waals surface area contributed by atoms with Crippen molar-refractivity contribution >= 4 is 11.7 Å². The molecule has 1 fully saturated rings. The Morgan fingerprint density at radius 2 is 2.31 bits per heavy atom. The number of likely N-dealkylation sites (tertiary alicyclic amines) is 1. The van der Waals surface area contributed by atoms with Gasteiger partial charge in [0.05, 0.1) is 0 Å². The van der Waals surface area contributed by atoms with Crippen molar-refractivity contribution in [3.05, 3.63) is 23.4 Å². The van der Waals surface area contributed by atoms with Crippen molar-refractivity contribution in [3.8, 4) is 0 Å². The molecule has 0 saturated carbocycles. The number of carbonyl (C=O) groups excluding carboxylic acids is 1. The maximum Gasteiger partial charge on any atom is 0.254 e. The number of anilines is 1. The molecule has 16 heavy (non-hydrogen) atoms. The van der Waals surface area contributed by atoms with E-state index in [4.69, 9.17) is 5.73 Å². The van der Waals surface area contributed by atoms with Crippen molar-refractivity contribution in [1.82, 2.24) is 9.88 Å². The van der Waals surface area contributed by atoms with Crippen LogP contribution in [0.5, 0.6) is 0 Å². The summed E-state index contributed by atoms with van der Waals surface area (Å²) < 4.78 is 0. The molecular weight excluding hydrogens is 202 g/mol. The van der Waals surface area contributed by atoms with Crippen molar-refractivity contribution in [2.24, 2.45) is 5.92 Å². The summed E-state index contributed by atoms with van der Waals surface area (Å²) >= 11 is 0. The lowest BCUT2D eigenvalue weighted by Crippen LogP contribution is -2.28. The first-order valence-electron chi connectivity index (χ1n) is 5.59. The highest BCUT2D eigenvalue weighted by Crippen LogP contribution is 2.18. The number of aromatic nitrogens is 1. The lowest BCUT2D eigenvalue weighted by Gasteiger charge is -2.16. The number of aryl methyl sites for hydroxylation is 1. The summed E-state index contributed by atoms with van der Waals surface area (Å²) in [5.74, 6) is 1.08. The predicted molar refractivity (Wildman–Crippen MR) is 63.1 cm³/mol. The number of hydrogen-bond acceptors (Lipinski definition) is 3. The molecule has 2 N–H and O–H groups in total. The van der Waals surface area contributed by atoms with E-state index >= 15 is 0 Å². The molecule has 0 aromatic carbocycles. The molecular formula is C12H17N3O. The number of carbonyl (C=O) groups is 1. The number of rotatable bonds is 1. The van der Waals surface area contributed by atoms with E-state index in [1.807, 2.05) is 11.8 Å². The van der Waals surface area contributed by atoms with Gasteiger partial charge in [-0.1, -0.05) is 6.92 Å². The third kappa shape index (κ3) is 2.15. The third-order valence-electron chi connectivity index (χ3n) is 2.93. The fraction of sp³-hybridized carbons (Fsp3) is 0.500. The Hall–Kier alpha value is -1.58. The molecule has 0 aliphatic carbocycles. The van der Waals surface area contributed by atoms with Gasteiger partial charge in [-0.2, -0.15) is 0 Å². The molecule has 1 aromatic rings. The summed E-state index contributed by atoms with van der Waals surface area (Å²) in [6.45, 7) is 5.71. The summed E-state index contributed by atoms with van der Waals surface area (Å²) in [7, 11) is 0. The van der Waals surface area contributed by atoms with Crippen LogP contribution in [-0.4, -0.2) is 28.9 Å². The van der Waals surface area contributed by atoms with Crippen molar-refractivity contribution in [2.75, 3.05) is 18.8 Å². The molecule has 0 spiro atoms. The summed E-state index contributed by atoms with van der Waals surface area (Å²) in [6, 6.07) is 3.44. The Labute approximate surface area is 95.5 Å². The third-order valence-corrected chi connectivity index (χ3v) is 2.93. The first kappa shape index (κ1) is 10.9. The molecule has 0 bridgehead atoms. The van der Waals surface area contributed by atoms with Crippen LogP contribution in [0.15, 0.2) is 12.1 Å². The normalized spacial score (nSPS) is 20.1. The second-order valence-corrected chi connectivity index (χ2v) is 4.57. The maximum absolute atomic E-state index is 12.1. The standard InChI is InChI=1S/C12H17N3O/c1-8-3-4-15(7-8)12(16)10-5-9(2)14-11(13)6-10/h5-6,8H,3-4,7H2,1-2H3,(H2,13,14). The zero-order valence-corrected chi connectivity index (χ0v) is 9.73. The quantitative estimate of drug-likeness (QED) is 0.777. The molecule has 4 heteroatoms. The fourth-order valence-corrected chi connectivity index (χ4v) is 2.12. The lowest BCUT2D eigenvalue weighted by molar-refractivity contribution is 0.0788. The van der Waals surface area contributed by atoms with Crippen LogP contribution in [-0.2, 0) is 0 Å². The molecule has 1 aliphatic heterocycles. The van der Waals surface area contributed by atoms with Crippen LogP contribution >= 0.6 is 0 Å². The minimum atomic E-state index is 0.0709. The minimum Gasteiger partial charge on any atom is -0.384 e. The van der Waals surface area contributed by atoms with Crippen molar-refractivity contribution in [2.45, 2.75) is 20.3 Å². The molecule has 86 valence electrons. The molecule has 1 amide bonds. The van der Waals surface area contributed by atoms with Gasteiger partial charge in [0.1, 0.15) is 5.82 Å². The van der Waals surface area contributed by atoms with Crippen LogP contribution < -0.4 is 5.73 Å². The average Bonchev–Trinajstić information content (AvgIpc) is 2.62. The molecule has 1 aliphatic rings. The van der Waals surface area contributed by atoms with Gasteiger partial charge in [0.15, 0.2) is 0 Å². The first-order valence-corrected chi connectivity index (χ1v) is 5.59. The average molecular weight is 219 g/mol. The van der Waals surface area contributed by atoms with E-state index < -0.39 is 0 Å². The molecule has 2 heterocycles. The summed E-state index contributed by atoms with van der Waals surface area (Å²) in [4.78, 5) is 18.1. The van der Waals surface area contributed by atoms with Crippen LogP contribution in [0.3, 0.4) is 0 Å². The number of nitrogens with zero attached hydrogens (tertiary/aromatic N) is 2. The minimum absolute atomic E-state index is 0.0709. The smallest absolute Gasteiger partial charge is 0.254 e. The highest BCUT2D eigenvalue weighted by molar-refractivity contribution is 5.95. The van der Waals surface area contributed by atoms with Gasteiger partial charge in [0.2, 0.25) is 0 Å². The van der Waals surface area contributed by atoms with Crippen LogP contribution in [0.2, 0.25) is 0 Å². The molecule has 1 unspecified atom stereocenters. The van der Waals surface area contributed by atoms with Gasteiger partial charge < -0.3 is 10.6 Å². The fourth-order valence-electron chi connectivity index (χ4n) is 2.12. The molecule has 2 rings (SSSR count). The van der Waals surface area contributed by atoms with Crippen LogP contribution in [0.4, 0.5) is 5.82 Å². The molecule has 1 atom stereocenters. The summed E-state index contributed by atoms with van der Waals surface area (Å²) in [5.41, 5.74) is 7.08. The van der Waals surface area contributed by atoms with Crippen molar-refractivity contribution in [1.29, 1.82) is 0 Å². The number of amides is 1. The van der Waals surface area contributed by atoms with Gasteiger partial charge in [-0.3, -0.25) is 4.79 Å². The summed E-state index contributed by atoms with van der Waals surface area (Å²) in [6.07, 6.45) is 1.09. The largest absolute Gasteiger partial charge is 0.384 e. The van der Waals surface area contributed by atoms with E-state index in [0.29, 0.717) is 17.3 Å². The van der Waals surface area contributed by atoms with Crippen molar-refractivity contribution < 1.29 is 4.79 Å². The monoisotopic (exact) mass is 219 g/mol. The SMILES string of the molecule is Cc1cc(C(=O)N2CCC(C)C2)cc(N)n1. The topological polar surface area (TPSA) is 59.2 Å². The number of pyridine rings is 1. The lowest BCUT2D eigenvalue weighted by atomic mass is 10.2. The second kappa shape index (κ2) is 4.12. The van der Waals surface area contributed by atoms with E-state index in [-0.39, 0.29) is 5.91 Å². The second-order valence-electron chi connectivity index (χ2n) is 4.57. The Bertz CT molecular complexity index is 396. The predicted octanol–water partition coefficient (Wildman–Crippen LogP) is 1.45. The Balaban J connectivity index is 2.20. The van der Waals surface area contributed by atoms with Crippen LogP contribution in [0.1, 0.15) is 29.4 Å². The van der Waals surface area contributed by atoms with E-state index in [1.54, 1.807) is 12.1 Å². The molecule has 0 radical (unpaired) electrons. The number of hydrogen-bond donors (Lipinski definition) is 1. The van der Waals surface area contributed by atoms with Crippen LogP contribution in [0.25, 0.3) is 0 Å². The zero-order valence-electron chi connectivity index (χ0n) is 9.73. The number of nitrogens with two attached hydrogens (primary N) is 1. The van der Waals surface area contributed by atoms with Crippen LogP contribution in [0, 0.1) is 12.8 Å². The highest BCUT2D eigenvalue weighted by Gasteiger charge is 2.24. The first-order chi connectivity index (χ1) is 7.56. The Morgan fingerprint density at radius 3 is 2.88 bits per heavy atom. The van der Waals surface area contributed by atoms with Crippen molar-refractivity contribution in [3.63, 3.8) is 0 Å².